The van der Waals surface area contributed by atoms with Gasteiger partial charge in [-0.2, -0.15) is 0 Å². The molecule has 0 spiro atoms. The van der Waals surface area contributed by atoms with Crippen LogP contribution in [0.1, 0.15) is 27.7 Å². The smallest absolute Gasteiger partial charge is 0.326 e. The van der Waals surface area contributed by atoms with Crippen molar-refractivity contribution in [2.45, 2.75) is 45.4 Å². The molecular formula is C9H19NO3. The highest BCUT2D eigenvalue weighted by Gasteiger charge is 2.26. The highest BCUT2D eigenvalue weighted by atomic mass is 16.6. The van der Waals surface area contributed by atoms with Crippen LogP contribution in [0.3, 0.4) is 0 Å². The van der Waals surface area contributed by atoms with Gasteiger partial charge in [0.25, 0.3) is 0 Å². The molecule has 0 saturated carbocycles. The lowest BCUT2D eigenvalue weighted by Gasteiger charge is -2.24. The number of ether oxygens (including phenoxy) is 2. The molecule has 0 aliphatic rings. The summed E-state index contributed by atoms with van der Waals surface area (Å²) in [7, 11) is 1.51. The van der Waals surface area contributed by atoms with E-state index in [1.165, 1.54) is 7.11 Å². The molecule has 0 aromatic rings. The highest BCUT2D eigenvalue weighted by Crippen LogP contribution is 2.09. The molecule has 13 heavy (non-hydrogen) atoms. The van der Waals surface area contributed by atoms with Crippen molar-refractivity contribution < 1.29 is 14.3 Å². The summed E-state index contributed by atoms with van der Waals surface area (Å²) in [6.07, 6.45) is -0.324. The third-order valence-electron chi connectivity index (χ3n) is 1.56. The van der Waals surface area contributed by atoms with Crippen LogP contribution in [0.4, 0.5) is 0 Å². The van der Waals surface area contributed by atoms with Gasteiger partial charge in [-0.1, -0.05) is 0 Å². The van der Waals surface area contributed by atoms with Gasteiger partial charge in [-0.25, -0.2) is 0 Å². The Labute approximate surface area is 79.4 Å². The number of nitrogens with two attached hydrogens (primary N) is 1. The van der Waals surface area contributed by atoms with Crippen LogP contribution in [0.2, 0.25) is 0 Å². The minimum absolute atomic E-state index is 0.324. The van der Waals surface area contributed by atoms with Crippen molar-refractivity contribution in [3.8, 4) is 0 Å². The molecule has 4 nitrogen and oxygen atoms in total. The third kappa shape index (κ3) is 4.85. The van der Waals surface area contributed by atoms with E-state index in [4.69, 9.17) is 15.2 Å². The van der Waals surface area contributed by atoms with Crippen molar-refractivity contribution in [2.24, 2.45) is 5.73 Å². The Balaban J connectivity index is 4.12. The van der Waals surface area contributed by atoms with Crippen LogP contribution >= 0.6 is 0 Å². The number of hydrogen-bond acceptors (Lipinski definition) is 4. The van der Waals surface area contributed by atoms with E-state index in [1.807, 2.05) is 0 Å². The molecule has 0 aromatic carbocycles. The van der Waals surface area contributed by atoms with E-state index in [-0.39, 0.29) is 6.10 Å². The van der Waals surface area contributed by atoms with Gasteiger partial charge in [-0.15, -0.1) is 0 Å². The number of methoxy groups -OCH3 is 1. The summed E-state index contributed by atoms with van der Waals surface area (Å²) in [6, 6.07) is -0.718. The van der Waals surface area contributed by atoms with Crippen molar-refractivity contribution in [1.82, 2.24) is 0 Å². The molecular weight excluding hydrogens is 170 g/mol. The fourth-order valence-electron chi connectivity index (χ4n) is 0.708. The molecule has 0 fully saturated rings. The highest BCUT2D eigenvalue weighted by molar-refractivity contribution is 5.76. The molecule has 2 atom stereocenters. The molecule has 2 unspecified atom stereocenters. The van der Waals surface area contributed by atoms with Gasteiger partial charge in [-0.3, -0.25) is 4.79 Å². The molecule has 0 amide bonds. The summed E-state index contributed by atoms with van der Waals surface area (Å²) in [5.74, 6) is -0.429. The number of hydrogen-bond donors (Lipinski definition) is 1. The van der Waals surface area contributed by atoms with E-state index in [1.54, 1.807) is 27.7 Å². The molecule has 0 aliphatic carbocycles. The number of esters is 1. The van der Waals surface area contributed by atoms with Crippen LogP contribution in [0.25, 0.3) is 0 Å². The molecule has 2 N–H and O–H groups in total. The Morgan fingerprint density at radius 2 is 1.85 bits per heavy atom. The lowest BCUT2D eigenvalue weighted by Crippen LogP contribution is -2.44. The lowest BCUT2D eigenvalue weighted by atomic mass is 10.1. The van der Waals surface area contributed by atoms with Crippen LogP contribution in [0.5, 0.6) is 0 Å². The van der Waals surface area contributed by atoms with Gasteiger partial charge in [0, 0.05) is 7.11 Å². The van der Waals surface area contributed by atoms with E-state index in [0.717, 1.165) is 0 Å². The molecule has 0 rings (SSSR count). The molecule has 0 bridgehead atoms. The Kier molecular flexibility index (Phi) is 4.36. The molecule has 78 valence electrons. The van der Waals surface area contributed by atoms with E-state index in [2.05, 4.69) is 0 Å². The van der Waals surface area contributed by atoms with Crippen LogP contribution < -0.4 is 5.73 Å². The summed E-state index contributed by atoms with van der Waals surface area (Å²) in [5.41, 5.74) is 5.08. The number of carbonyl (C=O) groups is 1. The predicted molar refractivity (Wildman–Crippen MR) is 50.3 cm³/mol. The van der Waals surface area contributed by atoms with Crippen molar-refractivity contribution >= 4 is 5.97 Å². The van der Waals surface area contributed by atoms with Crippen molar-refractivity contribution in [2.75, 3.05) is 7.11 Å². The van der Waals surface area contributed by atoms with E-state index < -0.39 is 17.6 Å². The quantitative estimate of drug-likeness (QED) is 0.663. The van der Waals surface area contributed by atoms with Crippen LogP contribution in [-0.4, -0.2) is 30.8 Å². The SMILES string of the molecule is COC(C)C(N)C(=O)OC(C)(C)C. The lowest BCUT2D eigenvalue weighted by molar-refractivity contribution is -0.159. The third-order valence-corrected chi connectivity index (χ3v) is 1.56. The summed E-state index contributed by atoms with van der Waals surface area (Å²) in [5, 5.41) is 0. The molecule has 0 radical (unpaired) electrons. The first-order valence-corrected chi connectivity index (χ1v) is 4.29. The average Bonchev–Trinajstić information content (AvgIpc) is 1.98. The minimum Gasteiger partial charge on any atom is -0.459 e. The molecule has 0 aromatic heterocycles. The van der Waals surface area contributed by atoms with Gasteiger partial charge in [-0.05, 0) is 27.7 Å². The Morgan fingerprint density at radius 1 is 1.38 bits per heavy atom. The zero-order valence-corrected chi connectivity index (χ0v) is 8.96. The first kappa shape index (κ1) is 12.4. The second kappa shape index (κ2) is 4.58. The number of carbonyl (C=O) groups excluding carboxylic acids is 1. The number of rotatable bonds is 3. The maximum atomic E-state index is 11.3. The monoisotopic (exact) mass is 189 g/mol. The predicted octanol–water partition coefficient (Wildman–Crippen LogP) is 0.690. The topological polar surface area (TPSA) is 61.5 Å². The van der Waals surface area contributed by atoms with E-state index in [0.29, 0.717) is 0 Å². The summed E-state index contributed by atoms with van der Waals surface area (Å²) < 4.78 is 10.0. The average molecular weight is 189 g/mol. The Bertz CT molecular complexity index is 174. The molecule has 4 heteroatoms. The van der Waals surface area contributed by atoms with Crippen molar-refractivity contribution in [3.63, 3.8) is 0 Å². The summed E-state index contributed by atoms with van der Waals surface area (Å²) in [6.45, 7) is 7.13. The van der Waals surface area contributed by atoms with Gasteiger partial charge < -0.3 is 15.2 Å². The standard InChI is InChI=1S/C9H19NO3/c1-6(12-5)7(10)8(11)13-9(2,3)4/h6-7H,10H2,1-5H3. The Morgan fingerprint density at radius 3 is 2.15 bits per heavy atom. The maximum absolute atomic E-state index is 11.3. The van der Waals surface area contributed by atoms with E-state index in [9.17, 15) is 4.79 Å². The first-order chi connectivity index (χ1) is 5.78. The van der Waals surface area contributed by atoms with Gasteiger partial charge in [0.2, 0.25) is 0 Å². The zero-order valence-electron chi connectivity index (χ0n) is 8.96. The maximum Gasteiger partial charge on any atom is 0.326 e. The molecule has 0 saturated heterocycles. The minimum atomic E-state index is -0.718. The van der Waals surface area contributed by atoms with E-state index >= 15 is 0 Å². The van der Waals surface area contributed by atoms with Crippen molar-refractivity contribution in [1.29, 1.82) is 0 Å². The van der Waals surface area contributed by atoms with Crippen LogP contribution in [0.15, 0.2) is 0 Å². The fraction of sp³-hybridized carbons (Fsp3) is 0.889. The second-order valence-electron chi connectivity index (χ2n) is 4.00. The van der Waals surface area contributed by atoms with Gasteiger partial charge >= 0.3 is 5.97 Å². The first-order valence-electron chi connectivity index (χ1n) is 4.29. The van der Waals surface area contributed by atoms with Gasteiger partial charge in [0.1, 0.15) is 11.6 Å². The zero-order chi connectivity index (χ0) is 10.6. The van der Waals surface area contributed by atoms with Crippen LogP contribution in [-0.2, 0) is 14.3 Å². The molecule has 0 aliphatic heterocycles. The molecule has 0 heterocycles. The van der Waals surface area contributed by atoms with Gasteiger partial charge in [0.15, 0.2) is 0 Å². The normalized spacial score (nSPS) is 16.5. The Hall–Kier alpha value is -0.610. The van der Waals surface area contributed by atoms with Crippen LogP contribution in [0, 0.1) is 0 Å². The second-order valence-corrected chi connectivity index (χ2v) is 4.00. The fourth-order valence-corrected chi connectivity index (χ4v) is 0.708. The van der Waals surface area contributed by atoms with Crippen molar-refractivity contribution in [3.05, 3.63) is 0 Å². The largest absolute Gasteiger partial charge is 0.459 e. The van der Waals surface area contributed by atoms with Gasteiger partial charge in [0.05, 0.1) is 6.10 Å². The summed E-state index contributed by atoms with van der Waals surface area (Å²) >= 11 is 0. The summed E-state index contributed by atoms with van der Waals surface area (Å²) in [4.78, 5) is 11.3.